The zero-order valence-electron chi connectivity index (χ0n) is 17.1. The Bertz CT molecular complexity index is 1170. The highest BCUT2D eigenvalue weighted by Gasteiger charge is 2.35. The maximum atomic E-state index is 12.8. The predicted octanol–water partition coefficient (Wildman–Crippen LogP) is 1.80. The molecule has 1 amide bonds. The van der Waals surface area contributed by atoms with E-state index in [1.165, 1.54) is 16.4 Å². The van der Waals surface area contributed by atoms with Gasteiger partial charge in [-0.1, -0.05) is 18.2 Å². The molecule has 2 aromatic carbocycles. The first-order chi connectivity index (χ1) is 13.9. The smallest absolute Gasteiger partial charge is 0.263 e. The molecule has 1 aliphatic heterocycles. The fourth-order valence-electron chi connectivity index (χ4n) is 3.21. The zero-order valence-corrected chi connectivity index (χ0v) is 18.7. The lowest BCUT2D eigenvalue weighted by Crippen LogP contribution is -2.50. The van der Waals surface area contributed by atoms with Crippen LogP contribution in [0.25, 0.3) is 0 Å². The first-order valence-corrected chi connectivity index (χ1v) is 13.0. The Morgan fingerprint density at radius 1 is 1.10 bits per heavy atom. The van der Waals surface area contributed by atoms with Crippen molar-refractivity contribution in [1.82, 2.24) is 5.32 Å². The van der Waals surface area contributed by atoms with Gasteiger partial charge in [-0.3, -0.25) is 9.10 Å². The van der Waals surface area contributed by atoms with Gasteiger partial charge in [0.25, 0.3) is 5.91 Å². The van der Waals surface area contributed by atoms with Crippen LogP contribution in [0.4, 0.5) is 5.69 Å². The first kappa shape index (κ1) is 22.1. The summed E-state index contributed by atoms with van der Waals surface area (Å²) in [6, 6.07) is 10.9. The average molecular weight is 453 g/mol. The summed E-state index contributed by atoms with van der Waals surface area (Å²) >= 11 is 0. The van der Waals surface area contributed by atoms with Gasteiger partial charge in [-0.25, -0.2) is 16.8 Å². The van der Waals surface area contributed by atoms with Gasteiger partial charge in [-0.2, -0.15) is 0 Å². The van der Waals surface area contributed by atoms with E-state index in [1.807, 2.05) is 6.92 Å². The fourth-order valence-corrected chi connectivity index (χ4v) is 4.74. The molecule has 1 heterocycles. The van der Waals surface area contributed by atoms with Crippen LogP contribution in [0.2, 0.25) is 0 Å². The van der Waals surface area contributed by atoms with E-state index >= 15 is 0 Å². The SMILES string of the molecule is Cc1ccc2c(c1)N(S(C)(=O)=O)CC(C(=O)NC(C)c1ccc(S(C)(=O)=O)cc1)O2. The number of carbonyl (C=O) groups excluding carboxylic acids is 1. The maximum absolute atomic E-state index is 12.8. The van der Waals surface area contributed by atoms with Gasteiger partial charge in [0.1, 0.15) is 5.75 Å². The molecular weight excluding hydrogens is 428 g/mol. The second kappa shape index (κ2) is 7.92. The number of anilines is 1. The molecule has 3 rings (SSSR count). The molecule has 162 valence electrons. The van der Waals surface area contributed by atoms with Crippen LogP contribution in [-0.2, 0) is 24.7 Å². The molecule has 10 heteroatoms. The van der Waals surface area contributed by atoms with Crippen molar-refractivity contribution < 1.29 is 26.4 Å². The number of sulfone groups is 1. The highest BCUT2D eigenvalue weighted by atomic mass is 32.2. The van der Waals surface area contributed by atoms with Gasteiger partial charge >= 0.3 is 0 Å². The largest absolute Gasteiger partial charge is 0.476 e. The summed E-state index contributed by atoms with van der Waals surface area (Å²) in [7, 11) is -6.91. The van der Waals surface area contributed by atoms with Crippen molar-refractivity contribution in [1.29, 1.82) is 0 Å². The number of carbonyl (C=O) groups is 1. The highest BCUT2D eigenvalue weighted by Crippen LogP contribution is 2.35. The molecule has 0 saturated heterocycles. The van der Waals surface area contributed by atoms with Crippen molar-refractivity contribution >= 4 is 31.5 Å². The molecule has 1 aliphatic rings. The van der Waals surface area contributed by atoms with Crippen molar-refractivity contribution in [2.75, 3.05) is 23.4 Å². The number of nitrogens with zero attached hydrogens (tertiary/aromatic N) is 1. The molecule has 2 unspecified atom stereocenters. The lowest BCUT2D eigenvalue weighted by Gasteiger charge is -2.34. The second-order valence-corrected chi connectivity index (χ2v) is 11.4. The number of hydrogen-bond acceptors (Lipinski definition) is 6. The van der Waals surface area contributed by atoms with Crippen LogP contribution in [-0.4, -0.2) is 47.9 Å². The predicted molar refractivity (Wildman–Crippen MR) is 114 cm³/mol. The monoisotopic (exact) mass is 452 g/mol. The highest BCUT2D eigenvalue weighted by molar-refractivity contribution is 7.92. The summed E-state index contributed by atoms with van der Waals surface area (Å²) in [5.41, 5.74) is 1.99. The lowest BCUT2D eigenvalue weighted by atomic mass is 10.1. The Kier molecular flexibility index (Phi) is 5.83. The average Bonchev–Trinajstić information content (AvgIpc) is 2.65. The molecule has 0 bridgehead atoms. The standard InChI is InChI=1S/C20H24N2O6S2/c1-13-5-10-18-17(11-13)22(30(4,26)27)12-19(28-18)20(23)21-14(2)15-6-8-16(9-7-15)29(3,24)25/h5-11,14,19H,12H2,1-4H3,(H,21,23). The van der Waals surface area contributed by atoms with Crippen LogP contribution in [0.3, 0.4) is 0 Å². The van der Waals surface area contributed by atoms with Crippen LogP contribution in [0.15, 0.2) is 47.4 Å². The van der Waals surface area contributed by atoms with Crippen molar-refractivity contribution in [2.24, 2.45) is 0 Å². The lowest BCUT2D eigenvalue weighted by molar-refractivity contribution is -0.128. The third-order valence-corrected chi connectivity index (χ3v) is 7.12. The Morgan fingerprint density at radius 3 is 2.30 bits per heavy atom. The number of hydrogen-bond donors (Lipinski definition) is 1. The van der Waals surface area contributed by atoms with E-state index in [1.54, 1.807) is 37.3 Å². The summed E-state index contributed by atoms with van der Waals surface area (Å²) in [5.74, 6) is -0.142. The molecule has 0 fully saturated rings. The molecule has 2 atom stereocenters. The van der Waals surface area contributed by atoms with E-state index in [0.717, 1.165) is 18.1 Å². The number of nitrogens with one attached hydrogen (secondary N) is 1. The Labute approximate surface area is 176 Å². The van der Waals surface area contributed by atoms with Crippen LogP contribution in [0.1, 0.15) is 24.1 Å². The number of rotatable bonds is 5. The fraction of sp³-hybridized carbons (Fsp3) is 0.350. The summed E-state index contributed by atoms with van der Waals surface area (Å²) in [5, 5.41) is 2.80. The van der Waals surface area contributed by atoms with Crippen molar-refractivity contribution in [3.8, 4) is 5.75 Å². The van der Waals surface area contributed by atoms with E-state index in [4.69, 9.17) is 4.74 Å². The van der Waals surface area contributed by atoms with Gasteiger partial charge in [-0.15, -0.1) is 0 Å². The van der Waals surface area contributed by atoms with E-state index in [-0.39, 0.29) is 11.4 Å². The summed E-state index contributed by atoms with van der Waals surface area (Å²) in [6.45, 7) is 3.46. The molecule has 1 N–H and O–H groups in total. The normalized spacial score (nSPS) is 17.6. The number of amides is 1. The summed E-state index contributed by atoms with van der Waals surface area (Å²) in [6.07, 6.45) is 1.19. The molecule has 2 aromatic rings. The molecule has 30 heavy (non-hydrogen) atoms. The van der Waals surface area contributed by atoms with Crippen LogP contribution < -0.4 is 14.4 Å². The van der Waals surface area contributed by atoms with E-state index < -0.39 is 37.9 Å². The number of aryl methyl sites for hydroxylation is 1. The number of sulfonamides is 1. The third kappa shape index (κ3) is 4.76. The third-order valence-electron chi connectivity index (χ3n) is 4.84. The maximum Gasteiger partial charge on any atom is 0.263 e. The zero-order chi connectivity index (χ0) is 22.3. The number of ether oxygens (including phenoxy) is 1. The first-order valence-electron chi connectivity index (χ1n) is 9.21. The van der Waals surface area contributed by atoms with Gasteiger partial charge in [-0.05, 0) is 49.2 Å². The van der Waals surface area contributed by atoms with Gasteiger partial charge < -0.3 is 10.1 Å². The minimum Gasteiger partial charge on any atom is -0.476 e. The molecular formula is C20H24N2O6S2. The minimum absolute atomic E-state index is 0.138. The number of fused-ring (bicyclic) bond motifs is 1. The van der Waals surface area contributed by atoms with Crippen LogP contribution in [0.5, 0.6) is 5.75 Å². The van der Waals surface area contributed by atoms with E-state index in [2.05, 4.69) is 5.32 Å². The Balaban J connectivity index is 1.79. The molecule has 0 aliphatic carbocycles. The summed E-state index contributed by atoms with van der Waals surface area (Å²) in [4.78, 5) is 13.0. The van der Waals surface area contributed by atoms with Gasteiger partial charge in [0, 0.05) is 6.26 Å². The van der Waals surface area contributed by atoms with E-state index in [0.29, 0.717) is 17.0 Å². The quantitative estimate of drug-likeness (QED) is 0.741. The number of benzene rings is 2. The second-order valence-electron chi connectivity index (χ2n) is 7.44. The van der Waals surface area contributed by atoms with Gasteiger partial charge in [0.05, 0.1) is 29.4 Å². The molecule has 0 saturated carbocycles. The molecule has 0 spiro atoms. The molecule has 0 radical (unpaired) electrons. The minimum atomic E-state index is -3.61. The van der Waals surface area contributed by atoms with Crippen molar-refractivity contribution in [3.63, 3.8) is 0 Å². The van der Waals surface area contributed by atoms with E-state index in [9.17, 15) is 21.6 Å². The summed E-state index contributed by atoms with van der Waals surface area (Å²) < 4.78 is 54.7. The van der Waals surface area contributed by atoms with Crippen LogP contribution in [0, 0.1) is 6.92 Å². The van der Waals surface area contributed by atoms with Gasteiger partial charge in [0.15, 0.2) is 15.9 Å². The van der Waals surface area contributed by atoms with Gasteiger partial charge in [0.2, 0.25) is 10.0 Å². The molecule has 0 aromatic heterocycles. The topological polar surface area (TPSA) is 110 Å². The van der Waals surface area contributed by atoms with Crippen molar-refractivity contribution in [3.05, 3.63) is 53.6 Å². The Hall–Kier alpha value is -2.59. The Morgan fingerprint density at radius 2 is 1.73 bits per heavy atom. The molecule has 8 nitrogen and oxygen atoms in total. The van der Waals surface area contributed by atoms with Crippen LogP contribution >= 0.6 is 0 Å². The van der Waals surface area contributed by atoms with Crippen molar-refractivity contribution in [2.45, 2.75) is 30.9 Å².